The molecular weight excluding hydrogens is 374 g/mol. The first kappa shape index (κ1) is 21.3. The Kier molecular flexibility index (Phi) is 7.41. The van der Waals surface area contributed by atoms with Gasteiger partial charge in [-0.2, -0.15) is 0 Å². The van der Waals surface area contributed by atoms with Gasteiger partial charge in [-0.1, -0.05) is 72.8 Å². The van der Waals surface area contributed by atoms with Crippen LogP contribution in [0.3, 0.4) is 0 Å². The van der Waals surface area contributed by atoms with Crippen LogP contribution in [0.4, 0.5) is 0 Å². The Morgan fingerprint density at radius 1 is 0.767 bits per heavy atom. The van der Waals surface area contributed by atoms with Gasteiger partial charge in [0.05, 0.1) is 12.7 Å². The van der Waals surface area contributed by atoms with E-state index in [1.54, 1.807) is 0 Å². The SMILES string of the molecule is COC(=O)/C(=C(\c1ccccc1)c1ccc(OCCN(C)C)cc1)c1ccccc1. The average Bonchev–Trinajstić information content (AvgIpc) is 2.78. The summed E-state index contributed by atoms with van der Waals surface area (Å²) in [6.45, 7) is 1.46. The van der Waals surface area contributed by atoms with Crippen LogP contribution in [0.1, 0.15) is 16.7 Å². The maximum absolute atomic E-state index is 12.9. The zero-order valence-electron chi connectivity index (χ0n) is 17.7. The number of ether oxygens (including phenoxy) is 2. The minimum Gasteiger partial charge on any atom is -0.492 e. The molecule has 0 saturated heterocycles. The monoisotopic (exact) mass is 401 g/mol. The van der Waals surface area contributed by atoms with Crippen LogP contribution in [0.15, 0.2) is 84.9 Å². The third-order valence-corrected chi connectivity index (χ3v) is 4.71. The number of carbonyl (C=O) groups is 1. The molecule has 0 atom stereocenters. The molecule has 0 fully saturated rings. The second-order valence-corrected chi connectivity index (χ2v) is 7.15. The van der Waals surface area contributed by atoms with Crippen LogP contribution < -0.4 is 4.74 Å². The van der Waals surface area contributed by atoms with Crippen molar-refractivity contribution < 1.29 is 14.3 Å². The zero-order chi connectivity index (χ0) is 21.3. The molecule has 0 aliphatic carbocycles. The minimum absolute atomic E-state index is 0.369. The third kappa shape index (κ3) is 5.37. The van der Waals surface area contributed by atoms with Crippen molar-refractivity contribution >= 4 is 17.1 Å². The van der Waals surface area contributed by atoms with E-state index in [4.69, 9.17) is 9.47 Å². The molecule has 3 rings (SSSR count). The van der Waals surface area contributed by atoms with E-state index in [1.807, 2.05) is 99.0 Å². The van der Waals surface area contributed by atoms with Gasteiger partial charge in [0.2, 0.25) is 0 Å². The second-order valence-electron chi connectivity index (χ2n) is 7.15. The van der Waals surface area contributed by atoms with Crippen LogP contribution in [0.2, 0.25) is 0 Å². The Balaban J connectivity index is 2.09. The second kappa shape index (κ2) is 10.4. The molecule has 3 aromatic carbocycles. The topological polar surface area (TPSA) is 38.8 Å². The fourth-order valence-corrected chi connectivity index (χ4v) is 3.20. The van der Waals surface area contributed by atoms with E-state index in [-0.39, 0.29) is 5.97 Å². The van der Waals surface area contributed by atoms with E-state index in [2.05, 4.69) is 4.90 Å². The molecule has 0 heterocycles. The number of benzene rings is 3. The highest BCUT2D eigenvalue weighted by Crippen LogP contribution is 2.34. The molecule has 0 radical (unpaired) electrons. The van der Waals surface area contributed by atoms with Gasteiger partial charge in [0.25, 0.3) is 0 Å². The summed E-state index contributed by atoms with van der Waals surface area (Å²) >= 11 is 0. The van der Waals surface area contributed by atoms with Crippen molar-refractivity contribution in [3.05, 3.63) is 102 Å². The van der Waals surface area contributed by atoms with E-state index >= 15 is 0 Å². The minimum atomic E-state index is -0.369. The highest BCUT2D eigenvalue weighted by Gasteiger charge is 2.21. The predicted octanol–water partition coefficient (Wildman–Crippen LogP) is 4.76. The molecule has 0 N–H and O–H groups in total. The van der Waals surface area contributed by atoms with E-state index < -0.39 is 0 Å². The first-order valence-electron chi connectivity index (χ1n) is 9.91. The van der Waals surface area contributed by atoms with Crippen molar-refractivity contribution in [1.29, 1.82) is 0 Å². The number of nitrogens with zero attached hydrogens (tertiary/aromatic N) is 1. The zero-order valence-corrected chi connectivity index (χ0v) is 17.7. The van der Waals surface area contributed by atoms with Gasteiger partial charge in [0.1, 0.15) is 12.4 Å². The van der Waals surface area contributed by atoms with Crippen molar-refractivity contribution in [3.63, 3.8) is 0 Å². The fraction of sp³-hybridized carbons (Fsp3) is 0.192. The largest absolute Gasteiger partial charge is 0.492 e. The van der Waals surface area contributed by atoms with Crippen LogP contribution >= 0.6 is 0 Å². The smallest absolute Gasteiger partial charge is 0.339 e. The number of hydrogen-bond donors (Lipinski definition) is 0. The van der Waals surface area contributed by atoms with Crippen LogP contribution in [0, 0.1) is 0 Å². The normalized spacial score (nSPS) is 11.7. The molecule has 4 heteroatoms. The Hall–Kier alpha value is -3.37. The number of carbonyl (C=O) groups excluding carboxylic acids is 1. The molecule has 4 nitrogen and oxygen atoms in total. The van der Waals surface area contributed by atoms with Gasteiger partial charge < -0.3 is 14.4 Å². The number of hydrogen-bond acceptors (Lipinski definition) is 4. The third-order valence-electron chi connectivity index (χ3n) is 4.71. The first-order chi connectivity index (χ1) is 14.6. The Bertz CT molecular complexity index is 978. The van der Waals surface area contributed by atoms with Gasteiger partial charge >= 0.3 is 5.97 Å². The van der Waals surface area contributed by atoms with Crippen molar-refractivity contribution in [2.45, 2.75) is 0 Å². The molecule has 0 bridgehead atoms. The summed E-state index contributed by atoms with van der Waals surface area (Å²) in [4.78, 5) is 14.9. The molecule has 3 aromatic rings. The summed E-state index contributed by atoms with van der Waals surface area (Å²) in [6.07, 6.45) is 0. The lowest BCUT2D eigenvalue weighted by molar-refractivity contribution is -0.133. The van der Waals surface area contributed by atoms with E-state index in [0.717, 1.165) is 34.6 Å². The van der Waals surface area contributed by atoms with Crippen molar-refractivity contribution in [2.24, 2.45) is 0 Å². The quantitative estimate of drug-likeness (QED) is 0.310. The van der Waals surface area contributed by atoms with Gasteiger partial charge in [0.15, 0.2) is 0 Å². The highest BCUT2D eigenvalue weighted by atomic mass is 16.5. The molecule has 30 heavy (non-hydrogen) atoms. The lowest BCUT2D eigenvalue weighted by Gasteiger charge is -2.16. The first-order valence-corrected chi connectivity index (χ1v) is 9.91. The van der Waals surface area contributed by atoms with E-state index in [0.29, 0.717) is 12.2 Å². The molecule has 0 amide bonds. The predicted molar refractivity (Wildman–Crippen MR) is 121 cm³/mol. The van der Waals surface area contributed by atoms with Gasteiger partial charge in [-0.15, -0.1) is 0 Å². The van der Waals surface area contributed by atoms with Gasteiger partial charge in [-0.3, -0.25) is 0 Å². The lowest BCUT2D eigenvalue weighted by Crippen LogP contribution is -2.19. The lowest BCUT2D eigenvalue weighted by atomic mass is 9.89. The van der Waals surface area contributed by atoms with Crippen LogP contribution in [0.25, 0.3) is 11.1 Å². The van der Waals surface area contributed by atoms with Crippen molar-refractivity contribution in [3.8, 4) is 5.75 Å². The maximum Gasteiger partial charge on any atom is 0.339 e. The highest BCUT2D eigenvalue weighted by molar-refractivity contribution is 6.26. The van der Waals surface area contributed by atoms with Gasteiger partial charge in [-0.25, -0.2) is 4.79 Å². The number of esters is 1. The number of methoxy groups -OCH3 is 1. The summed E-state index contributed by atoms with van der Waals surface area (Å²) < 4.78 is 11.0. The Morgan fingerprint density at radius 3 is 1.83 bits per heavy atom. The standard InChI is InChI=1S/C26H27NO3/c1-27(2)18-19-30-23-16-14-22(15-17-23)24(20-10-6-4-7-11-20)25(26(28)29-3)21-12-8-5-9-13-21/h4-17H,18-19H2,1-3H3/b25-24+. The summed E-state index contributed by atoms with van der Waals surface area (Å²) in [5.74, 6) is 0.429. The Labute approximate surface area is 178 Å². The summed E-state index contributed by atoms with van der Waals surface area (Å²) in [7, 11) is 5.44. The summed E-state index contributed by atoms with van der Waals surface area (Å²) in [5.41, 5.74) is 4.04. The average molecular weight is 402 g/mol. The van der Waals surface area contributed by atoms with Crippen LogP contribution in [0.5, 0.6) is 5.75 Å². The Morgan fingerprint density at radius 2 is 1.30 bits per heavy atom. The molecule has 0 aromatic heterocycles. The van der Waals surface area contributed by atoms with Gasteiger partial charge in [0, 0.05) is 12.1 Å². The number of rotatable bonds is 8. The molecule has 0 aliphatic heterocycles. The van der Waals surface area contributed by atoms with Crippen LogP contribution in [-0.4, -0.2) is 45.2 Å². The molecule has 0 spiro atoms. The van der Waals surface area contributed by atoms with E-state index in [1.165, 1.54) is 7.11 Å². The van der Waals surface area contributed by atoms with E-state index in [9.17, 15) is 4.79 Å². The molecule has 154 valence electrons. The molecule has 0 unspecified atom stereocenters. The summed E-state index contributed by atoms with van der Waals surface area (Å²) in [5, 5.41) is 0. The van der Waals surface area contributed by atoms with Crippen molar-refractivity contribution in [2.75, 3.05) is 34.4 Å². The fourth-order valence-electron chi connectivity index (χ4n) is 3.20. The van der Waals surface area contributed by atoms with Crippen LogP contribution in [-0.2, 0) is 9.53 Å². The van der Waals surface area contributed by atoms with Crippen molar-refractivity contribution in [1.82, 2.24) is 4.90 Å². The molecular formula is C26H27NO3. The summed E-state index contributed by atoms with van der Waals surface area (Å²) in [6, 6.07) is 27.4. The number of likely N-dealkylation sites (N-methyl/N-ethyl adjacent to an activating group) is 1. The molecule has 0 aliphatic rings. The maximum atomic E-state index is 12.9. The molecule has 0 saturated carbocycles. The van der Waals surface area contributed by atoms with Gasteiger partial charge in [-0.05, 0) is 42.9 Å².